The van der Waals surface area contributed by atoms with E-state index < -0.39 is 15.8 Å². The van der Waals surface area contributed by atoms with Crippen molar-refractivity contribution >= 4 is 21.7 Å². The first-order valence-electron chi connectivity index (χ1n) is 8.81. The Balaban J connectivity index is 1.85. The Kier molecular flexibility index (Phi) is 6.66. The average molecular weight is 408 g/mol. The number of hydrogen-bond donors (Lipinski definition) is 3. The first-order valence-corrected chi connectivity index (χ1v) is 10.7. The van der Waals surface area contributed by atoms with Gasteiger partial charge in [-0.1, -0.05) is 51.1 Å². The number of carbonyl (C=O) groups excluding carboxylic acids is 1. The number of nitrogens with one attached hydrogen (secondary N) is 3. The minimum Gasteiger partial charge on any atom is -0.334 e. The molecule has 2 aromatic rings. The first kappa shape index (κ1) is 21.7. The van der Waals surface area contributed by atoms with Crippen molar-refractivity contribution in [2.45, 2.75) is 39.3 Å². The van der Waals surface area contributed by atoms with Gasteiger partial charge in [-0.3, -0.25) is 4.72 Å². The van der Waals surface area contributed by atoms with E-state index >= 15 is 0 Å². The summed E-state index contributed by atoms with van der Waals surface area (Å²) < 4.78 is 38.4. The lowest BCUT2D eigenvalue weighted by Crippen LogP contribution is -2.34. The molecular formula is C20H26FN3O3S. The van der Waals surface area contributed by atoms with Gasteiger partial charge in [-0.15, -0.1) is 0 Å². The molecule has 0 aliphatic carbocycles. The van der Waals surface area contributed by atoms with Gasteiger partial charge in [-0.05, 0) is 34.2 Å². The van der Waals surface area contributed by atoms with Crippen molar-refractivity contribution in [3.63, 3.8) is 0 Å². The molecule has 2 rings (SSSR count). The highest BCUT2D eigenvalue weighted by Gasteiger charge is 2.13. The highest BCUT2D eigenvalue weighted by molar-refractivity contribution is 7.92. The van der Waals surface area contributed by atoms with Crippen LogP contribution in [0.2, 0.25) is 0 Å². The van der Waals surface area contributed by atoms with E-state index in [0.29, 0.717) is 12.1 Å². The van der Waals surface area contributed by atoms with Crippen LogP contribution < -0.4 is 15.4 Å². The minimum absolute atomic E-state index is 0.0744. The van der Waals surface area contributed by atoms with E-state index in [2.05, 4.69) is 36.1 Å². The molecule has 0 aromatic heterocycles. The second kappa shape index (κ2) is 8.60. The van der Waals surface area contributed by atoms with Crippen LogP contribution in [-0.2, 0) is 28.5 Å². The molecule has 0 saturated heterocycles. The molecule has 0 aliphatic heterocycles. The lowest BCUT2D eigenvalue weighted by atomic mass is 9.87. The summed E-state index contributed by atoms with van der Waals surface area (Å²) >= 11 is 0. The van der Waals surface area contributed by atoms with Crippen LogP contribution in [0.5, 0.6) is 0 Å². The van der Waals surface area contributed by atoms with Crippen molar-refractivity contribution in [3.05, 3.63) is 65.0 Å². The van der Waals surface area contributed by atoms with Crippen LogP contribution in [0.4, 0.5) is 14.9 Å². The standard InChI is InChI=1S/C20H26FN3O3S/c1-20(2,3)16-8-5-14(6-9-16)12-22-19(25)23-13-15-7-10-18(17(21)11-15)24-28(4,26)27/h5-11,24H,12-13H2,1-4H3,(H2,22,23,25). The molecule has 0 saturated carbocycles. The van der Waals surface area contributed by atoms with Gasteiger partial charge in [0.15, 0.2) is 0 Å². The molecule has 2 amide bonds. The van der Waals surface area contributed by atoms with Crippen molar-refractivity contribution in [2.75, 3.05) is 11.0 Å². The van der Waals surface area contributed by atoms with Crippen molar-refractivity contribution in [1.29, 1.82) is 0 Å². The molecule has 0 aliphatic rings. The van der Waals surface area contributed by atoms with Crippen LogP contribution in [0.1, 0.15) is 37.5 Å². The summed E-state index contributed by atoms with van der Waals surface area (Å²) in [6.45, 7) is 6.91. The van der Waals surface area contributed by atoms with E-state index in [1.807, 2.05) is 24.3 Å². The molecule has 28 heavy (non-hydrogen) atoms. The molecule has 0 bridgehead atoms. The van der Waals surface area contributed by atoms with Crippen LogP contribution >= 0.6 is 0 Å². The number of hydrogen-bond acceptors (Lipinski definition) is 3. The number of sulfonamides is 1. The largest absolute Gasteiger partial charge is 0.334 e. The Morgan fingerprint density at radius 2 is 1.50 bits per heavy atom. The van der Waals surface area contributed by atoms with Gasteiger partial charge in [0.1, 0.15) is 5.82 Å². The lowest BCUT2D eigenvalue weighted by molar-refractivity contribution is 0.240. The number of urea groups is 1. The Morgan fingerprint density at radius 1 is 0.964 bits per heavy atom. The number of halogens is 1. The predicted octanol–water partition coefficient (Wildman–Crippen LogP) is 3.49. The number of rotatable bonds is 6. The van der Waals surface area contributed by atoms with Crippen LogP contribution in [-0.4, -0.2) is 20.7 Å². The Bertz CT molecular complexity index is 936. The zero-order valence-electron chi connectivity index (χ0n) is 16.5. The van der Waals surface area contributed by atoms with E-state index in [-0.39, 0.29) is 23.7 Å². The van der Waals surface area contributed by atoms with Crippen LogP contribution in [0.3, 0.4) is 0 Å². The summed E-state index contributed by atoms with van der Waals surface area (Å²) in [5, 5.41) is 5.39. The number of benzene rings is 2. The summed E-state index contributed by atoms with van der Waals surface area (Å²) in [5.74, 6) is -0.705. The van der Waals surface area contributed by atoms with E-state index in [4.69, 9.17) is 0 Å². The number of amides is 2. The maximum Gasteiger partial charge on any atom is 0.315 e. The fourth-order valence-electron chi connectivity index (χ4n) is 2.50. The van der Waals surface area contributed by atoms with E-state index in [1.54, 1.807) is 6.07 Å². The molecule has 152 valence electrons. The fourth-order valence-corrected chi connectivity index (χ4v) is 3.07. The topological polar surface area (TPSA) is 87.3 Å². The maximum atomic E-state index is 13.9. The molecule has 0 fully saturated rings. The zero-order chi connectivity index (χ0) is 20.9. The summed E-state index contributed by atoms with van der Waals surface area (Å²) in [4.78, 5) is 11.9. The van der Waals surface area contributed by atoms with Gasteiger partial charge in [-0.25, -0.2) is 17.6 Å². The number of anilines is 1. The SMILES string of the molecule is CC(C)(C)c1ccc(CNC(=O)NCc2ccc(NS(C)(=O)=O)c(F)c2)cc1. The second-order valence-corrected chi connectivity index (χ2v) is 9.42. The van der Waals surface area contributed by atoms with Crippen molar-refractivity contribution in [3.8, 4) is 0 Å². The van der Waals surface area contributed by atoms with Gasteiger partial charge in [-0.2, -0.15) is 0 Å². The Morgan fingerprint density at radius 3 is 2.00 bits per heavy atom. The summed E-state index contributed by atoms with van der Waals surface area (Å²) in [6, 6.07) is 11.7. The van der Waals surface area contributed by atoms with Gasteiger partial charge < -0.3 is 10.6 Å². The molecule has 0 radical (unpaired) electrons. The minimum atomic E-state index is -3.55. The predicted molar refractivity (Wildman–Crippen MR) is 109 cm³/mol. The van der Waals surface area contributed by atoms with Gasteiger partial charge in [0.05, 0.1) is 11.9 Å². The van der Waals surface area contributed by atoms with E-state index in [1.165, 1.54) is 17.7 Å². The molecule has 6 nitrogen and oxygen atoms in total. The summed E-state index contributed by atoms with van der Waals surface area (Å²) in [7, 11) is -3.55. The molecule has 0 unspecified atom stereocenters. The number of carbonyl (C=O) groups is 1. The molecular weight excluding hydrogens is 381 g/mol. The molecule has 0 spiro atoms. The van der Waals surface area contributed by atoms with Gasteiger partial charge in [0.2, 0.25) is 10.0 Å². The lowest BCUT2D eigenvalue weighted by Gasteiger charge is -2.19. The van der Waals surface area contributed by atoms with Crippen molar-refractivity contribution < 1.29 is 17.6 Å². The molecule has 0 atom stereocenters. The quantitative estimate of drug-likeness (QED) is 0.685. The van der Waals surface area contributed by atoms with Gasteiger partial charge in [0, 0.05) is 13.1 Å². The monoisotopic (exact) mass is 407 g/mol. The summed E-state index contributed by atoms with van der Waals surface area (Å²) in [6.07, 6.45) is 0.947. The molecule has 0 heterocycles. The van der Waals surface area contributed by atoms with E-state index in [0.717, 1.165) is 11.8 Å². The average Bonchev–Trinajstić information content (AvgIpc) is 2.59. The third-order valence-electron chi connectivity index (χ3n) is 4.05. The maximum absolute atomic E-state index is 13.9. The highest BCUT2D eigenvalue weighted by Crippen LogP contribution is 2.22. The smallest absolute Gasteiger partial charge is 0.315 e. The molecule has 8 heteroatoms. The molecule has 2 aromatic carbocycles. The van der Waals surface area contributed by atoms with Crippen LogP contribution in [0.25, 0.3) is 0 Å². The summed E-state index contributed by atoms with van der Waals surface area (Å²) in [5.41, 5.74) is 2.66. The Labute approximate surface area is 165 Å². The third-order valence-corrected chi connectivity index (χ3v) is 4.65. The van der Waals surface area contributed by atoms with Gasteiger partial charge >= 0.3 is 6.03 Å². The van der Waals surface area contributed by atoms with Crippen molar-refractivity contribution in [1.82, 2.24) is 10.6 Å². The second-order valence-electron chi connectivity index (χ2n) is 7.67. The first-order chi connectivity index (χ1) is 12.9. The highest BCUT2D eigenvalue weighted by atomic mass is 32.2. The van der Waals surface area contributed by atoms with Crippen molar-refractivity contribution in [2.24, 2.45) is 0 Å². The molecule has 3 N–H and O–H groups in total. The van der Waals surface area contributed by atoms with Gasteiger partial charge in [0.25, 0.3) is 0 Å². The van der Waals surface area contributed by atoms with E-state index in [9.17, 15) is 17.6 Å². The normalized spacial score (nSPS) is 11.8. The Hall–Kier alpha value is -2.61. The third kappa shape index (κ3) is 6.84. The fraction of sp³-hybridized carbons (Fsp3) is 0.350. The zero-order valence-corrected chi connectivity index (χ0v) is 17.3. The van der Waals surface area contributed by atoms with Crippen LogP contribution in [0, 0.1) is 5.82 Å². The van der Waals surface area contributed by atoms with Crippen LogP contribution in [0.15, 0.2) is 42.5 Å².